The van der Waals surface area contributed by atoms with Gasteiger partial charge in [-0.2, -0.15) is 4.98 Å². The number of H-pyrrole nitrogens is 1. The van der Waals surface area contributed by atoms with E-state index < -0.39 is 0 Å². The smallest absolute Gasteiger partial charge is 0.361 e. The van der Waals surface area contributed by atoms with Gasteiger partial charge in [-0.25, -0.2) is 14.6 Å². The van der Waals surface area contributed by atoms with Crippen molar-refractivity contribution >= 4 is 5.69 Å². The lowest BCUT2D eigenvalue weighted by molar-refractivity contribution is 0.832. The van der Waals surface area contributed by atoms with Gasteiger partial charge in [0.2, 0.25) is 0 Å². The molecule has 5 nitrogen and oxygen atoms in total. The lowest BCUT2D eigenvalue weighted by Gasteiger charge is -2.03. The second-order valence-corrected chi connectivity index (χ2v) is 3.00. The maximum absolute atomic E-state index is 10.9. The Labute approximate surface area is 80.2 Å². The van der Waals surface area contributed by atoms with Gasteiger partial charge < -0.3 is 5.73 Å². The lowest BCUT2D eigenvalue weighted by Crippen LogP contribution is -2.05. The molecule has 5 heteroatoms. The Kier molecular flexibility index (Phi) is 1.85. The molecule has 1 aromatic carbocycles. The molecule has 72 valence electrons. The molecule has 0 aliphatic rings. The minimum Gasteiger partial charge on any atom is -0.399 e. The van der Waals surface area contributed by atoms with Crippen LogP contribution >= 0.6 is 0 Å². The molecule has 2 rings (SSSR count). The molecular weight excluding hydrogens is 180 g/mol. The molecule has 0 spiro atoms. The number of anilines is 1. The van der Waals surface area contributed by atoms with Gasteiger partial charge in [-0.3, -0.25) is 0 Å². The zero-order chi connectivity index (χ0) is 10.1. The summed E-state index contributed by atoms with van der Waals surface area (Å²) in [6.45, 7) is 1.76. The van der Waals surface area contributed by atoms with Gasteiger partial charge in [-0.15, -0.1) is 0 Å². The van der Waals surface area contributed by atoms with Crippen molar-refractivity contribution in [3.05, 3.63) is 40.6 Å². The van der Waals surface area contributed by atoms with Crippen molar-refractivity contribution in [2.24, 2.45) is 0 Å². The van der Waals surface area contributed by atoms with Gasteiger partial charge in [0, 0.05) is 5.69 Å². The second kappa shape index (κ2) is 3.02. The predicted molar refractivity (Wildman–Crippen MR) is 53.3 cm³/mol. The molecule has 14 heavy (non-hydrogen) atoms. The standard InChI is InChI=1S/C9H10N4O/c1-6-11-9(14)12-13(6)8-4-2-7(10)3-5-8/h2-5H,10H2,1H3,(H,12,14). The van der Waals surface area contributed by atoms with Crippen molar-refractivity contribution in [3.63, 3.8) is 0 Å². The highest BCUT2D eigenvalue weighted by atomic mass is 16.1. The Balaban J connectivity index is 2.54. The van der Waals surface area contributed by atoms with Crippen LogP contribution in [0, 0.1) is 6.92 Å². The van der Waals surface area contributed by atoms with E-state index in [1.807, 2.05) is 12.1 Å². The summed E-state index contributed by atoms with van der Waals surface area (Å²) in [4.78, 5) is 14.7. The second-order valence-electron chi connectivity index (χ2n) is 3.00. The number of hydrogen-bond donors (Lipinski definition) is 2. The summed E-state index contributed by atoms with van der Waals surface area (Å²) < 4.78 is 1.61. The topological polar surface area (TPSA) is 76.7 Å². The highest BCUT2D eigenvalue weighted by molar-refractivity contribution is 5.44. The fourth-order valence-electron chi connectivity index (χ4n) is 1.27. The van der Waals surface area contributed by atoms with Crippen molar-refractivity contribution in [1.82, 2.24) is 14.8 Å². The van der Waals surface area contributed by atoms with Crippen LogP contribution in [0.25, 0.3) is 5.69 Å². The number of rotatable bonds is 1. The minimum absolute atomic E-state index is 0.348. The SMILES string of the molecule is Cc1nc(=O)[nH]n1-c1ccc(N)cc1. The normalized spacial score (nSPS) is 10.4. The summed E-state index contributed by atoms with van der Waals surface area (Å²) in [7, 11) is 0. The van der Waals surface area contributed by atoms with Crippen LogP contribution in [0.1, 0.15) is 5.82 Å². The van der Waals surface area contributed by atoms with E-state index in [4.69, 9.17) is 5.73 Å². The average molecular weight is 190 g/mol. The monoisotopic (exact) mass is 190 g/mol. The number of benzene rings is 1. The number of hydrogen-bond acceptors (Lipinski definition) is 3. The van der Waals surface area contributed by atoms with E-state index in [9.17, 15) is 4.79 Å². The Bertz CT molecular complexity index is 494. The van der Waals surface area contributed by atoms with Crippen molar-refractivity contribution < 1.29 is 0 Å². The molecule has 0 atom stereocenters. The third-order valence-corrected chi connectivity index (χ3v) is 1.95. The maximum atomic E-state index is 10.9. The first-order valence-electron chi connectivity index (χ1n) is 4.18. The van der Waals surface area contributed by atoms with Crippen LogP contribution in [0.2, 0.25) is 0 Å². The third-order valence-electron chi connectivity index (χ3n) is 1.95. The van der Waals surface area contributed by atoms with E-state index in [1.165, 1.54) is 0 Å². The number of nitrogen functional groups attached to an aromatic ring is 1. The average Bonchev–Trinajstić information content (AvgIpc) is 2.47. The largest absolute Gasteiger partial charge is 0.399 e. The van der Waals surface area contributed by atoms with Gasteiger partial charge in [0.05, 0.1) is 5.69 Å². The first-order chi connectivity index (χ1) is 6.66. The highest BCUT2D eigenvalue weighted by Crippen LogP contribution is 2.09. The van der Waals surface area contributed by atoms with E-state index in [2.05, 4.69) is 10.1 Å². The van der Waals surface area contributed by atoms with E-state index in [0.29, 0.717) is 11.5 Å². The maximum Gasteiger partial charge on any atom is 0.361 e. The van der Waals surface area contributed by atoms with E-state index in [-0.39, 0.29) is 5.69 Å². The molecular formula is C9H10N4O. The molecule has 0 saturated carbocycles. The van der Waals surface area contributed by atoms with Crippen LogP contribution in [-0.2, 0) is 0 Å². The summed E-state index contributed by atoms with van der Waals surface area (Å²) >= 11 is 0. The Morgan fingerprint density at radius 3 is 2.50 bits per heavy atom. The molecule has 0 aliphatic carbocycles. The molecule has 0 radical (unpaired) electrons. The molecule has 0 aliphatic heterocycles. The molecule has 0 fully saturated rings. The van der Waals surface area contributed by atoms with Crippen LogP contribution in [0.4, 0.5) is 5.69 Å². The van der Waals surface area contributed by atoms with Crippen LogP contribution < -0.4 is 11.4 Å². The lowest BCUT2D eigenvalue weighted by atomic mass is 10.3. The summed E-state index contributed by atoms with van der Waals surface area (Å²) in [5, 5.41) is 2.59. The molecule has 0 unspecified atom stereocenters. The van der Waals surface area contributed by atoms with Crippen molar-refractivity contribution in [1.29, 1.82) is 0 Å². The highest BCUT2D eigenvalue weighted by Gasteiger charge is 2.02. The summed E-state index contributed by atoms with van der Waals surface area (Å²) in [6, 6.07) is 7.18. The third kappa shape index (κ3) is 1.39. The number of aromatic amines is 1. The Morgan fingerprint density at radius 2 is 2.00 bits per heavy atom. The van der Waals surface area contributed by atoms with Crippen LogP contribution in [-0.4, -0.2) is 14.8 Å². The number of nitrogens with one attached hydrogen (secondary N) is 1. The zero-order valence-corrected chi connectivity index (χ0v) is 7.69. The van der Waals surface area contributed by atoms with Gasteiger partial charge in [-0.1, -0.05) is 0 Å². The number of aryl methyl sites for hydroxylation is 1. The quantitative estimate of drug-likeness (QED) is 0.641. The molecule has 2 aromatic rings. The summed E-state index contributed by atoms with van der Waals surface area (Å²) in [6.07, 6.45) is 0. The Hall–Kier alpha value is -2.04. The fourth-order valence-corrected chi connectivity index (χ4v) is 1.27. The summed E-state index contributed by atoms with van der Waals surface area (Å²) in [5.74, 6) is 0.625. The minimum atomic E-state index is -0.348. The van der Waals surface area contributed by atoms with Crippen molar-refractivity contribution in [2.75, 3.05) is 5.73 Å². The first-order valence-corrected chi connectivity index (χ1v) is 4.18. The van der Waals surface area contributed by atoms with Gasteiger partial charge >= 0.3 is 5.69 Å². The van der Waals surface area contributed by atoms with E-state index in [0.717, 1.165) is 5.69 Å². The van der Waals surface area contributed by atoms with Gasteiger partial charge in [0.25, 0.3) is 0 Å². The van der Waals surface area contributed by atoms with Gasteiger partial charge in [0.1, 0.15) is 5.82 Å². The molecule has 0 amide bonds. The van der Waals surface area contributed by atoms with E-state index in [1.54, 1.807) is 23.7 Å². The first kappa shape index (κ1) is 8.55. The number of nitrogens with zero attached hydrogens (tertiary/aromatic N) is 2. The van der Waals surface area contributed by atoms with Crippen LogP contribution in [0.5, 0.6) is 0 Å². The van der Waals surface area contributed by atoms with Crippen LogP contribution in [0.15, 0.2) is 29.1 Å². The molecule has 0 bridgehead atoms. The van der Waals surface area contributed by atoms with E-state index >= 15 is 0 Å². The van der Waals surface area contributed by atoms with Crippen LogP contribution in [0.3, 0.4) is 0 Å². The number of aromatic nitrogens is 3. The van der Waals surface area contributed by atoms with Gasteiger partial charge in [-0.05, 0) is 31.2 Å². The fraction of sp³-hybridized carbons (Fsp3) is 0.111. The summed E-state index contributed by atoms with van der Waals surface area (Å²) in [5.41, 5.74) is 6.73. The zero-order valence-electron chi connectivity index (χ0n) is 7.69. The predicted octanol–water partition coefficient (Wildman–Crippen LogP) is 0.451. The van der Waals surface area contributed by atoms with Crippen molar-refractivity contribution in [2.45, 2.75) is 6.92 Å². The molecule has 0 saturated heterocycles. The molecule has 3 N–H and O–H groups in total. The number of nitrogens with two attached hydrogens (primary N) is 1. The Morgan fingerprint density at radius 1 is 1.36 bits per heavy atom. The molecule has 1 aromatic heterocycles. The van der Waals surface area contributed by atoms with Crippen molar-refractivity contribution in [3.8, 4) is 5.69 Å². The molecule has 1 heterocycles. The van der Waals surface area contributed by atoms with Gasteiger partial charge in [0.15, 0.2) is 0 Å².